The van der Waals surface area contributed by atoms with E-state index in [1.807, 2.05) is 22.4 Å². The molecule has 0 spiro atoms. The molecule has 1 aliphatic rings. The van der Waals surface area contributed by atoms with Crippen LogP contribution in [0.2, 0.25) is 0 Å². The quantitative estimate of drug-likeness (QED) is 0.763. The van der Waals surface area contributed by atoms with Gasteiger partial charge in [-0.2, -0.15) is 0 Å². The number of rotatable bonds is 7. The van der Waals surface area contributed by atoms with E-state index >= 15 is 0 Å². The summed E-state index contributed by atoms with van der Waals surface area (Å²) >= 11 is 1.65. The van der Waals surface area contributed by atoms with E-state index in [0.29, 0.717) is 13.0 Å². The van der Waals surface area contributed by atoms with E-state index in [-0.39, 0.29) is 5.91 Å². The molecular weight excluding hydrogens is 332 g/mol. The number of nitrogens with zero attached hydrogens (tertiary/aromatic N) is 2. The van der Waals surface area contributed by atoms with Crippen LogP contribution in [-0.2, 0) is 22.5 Å². The van der Waals surface area contributed by atoms with Gasteiger partial charge in [-0.25, -0.2) is 0 Å². The van der Waals surface area contributed by atoms with E-state index in [2.05, 4.69) is 36.1 Å². The van der Waals surface area contributed by atoms with Gasteiger partial charge in [0.15, 0.2) is 0 Å². The lowest BCUT2D eigenvalue weighted by Gasteiger charge is -2.30. The Kier molecular flexibility index (Phi) is 6.62. The molecule has 1 amide bonds. The first-order valence-corrected chi connectivity index (χ1v) is 9.74. The van der Waals surface area contributed by atoms with Gasteiger partial charge < -0.3 is 9.64 Å². The van der Waals surface area contributed by atoms with Gasteiger partial charge in [0.05, 0.1) is 19.6 Å². The van der Waals surface area contributed by atoms with Gasteiger partial charge in [-0.05, 0) is 23.9 Å². The average Bonchev–Trinajstić information content (AvgIpc) is 3.12. The number of ether oxygens (including phenoxy) is 1. The molecule has 0 radical (unpaired) electrons. The fourth-order valence-electron chi connectivity index (χ4n) is 3.08. The second-order valence-electron chi connectivity index (χ2n) is 6.51. The Bertz CT molecular complexity index is 666. The molecule has 0 saturated carbocycles. The van der Waals surface area contributed by atoms with Crippen LogP contribution in [0.4, 0.5) is 0 Å². The Balaban J connectivity index is 1.64. The molecule has 1 saturated heterocycles. The summed E-state index contributed by atoms with van der Waals surface area (Å²) in [6.45, 7) is 7.94. The van der Waals surface area contributed by atoms with Crippen molar-refractivity contribution in [3.63, 3.8) is 0 Å². The molecule has 2 aromatic rings. The zero-order chi connectivity index (χ0) is 17.5. The normalized spacial score (nSPS) is 15.2. The summed E-state index contributed by atoms with van der Waals surface area (Å²) in [5.41, 5.74) is 2.43. The maximum absolute atomic E-state index is 12.9. The summed E-state index contributed by atoms with van der Waals surface area (Å²) in [5.74, 6) is 0.206. The van der Waals surface area contributed by atoms with Crippen LogP contribution in [0.5, 0.6) is 0 Å². The molecule has 0 bridgehead atoms. The number of aryl methyl sites for hydroxylation is 1. The van der Waals surface area contributed by atoms with Crippen molar-refractivity contribution in [3.8, 4) is 0 Å². The first-order valence-electron chi connectivity index (χ1n) is 8.86. The minimum absolute atomic E-state index is 0.206. The fraction of sp³-hybridized carbons (Fsp3) is 0.450. The molecular formula is C20H26N2O2S. The van der Waals surface area contributed by atoms with Crippen molar-refractivity contribution in [1.82, 2.24) is 9.80 Å². The molecule has 1 fully saturated rings. The minimum Gasteiger partial charge on any atom is -0.379 e. The summed E-state index contributed by atoms with van der Waals surface area (Å²) in [6.07, 6.45) is 0.493. The standard InChI is InChI=1S/C20H26N2O2S/c1-17-4-2-5-18(14-17)16-22(8-7-21-9-11-24-12-10-21)20(23)15-19-6-3-13-25-19/h2-6,13-14H,7-12,15-16H2,1H3. The molecule has 4 nitrogen and oxygen atoms in total. The van der Waals surface area contributed by atoms with E-state index in [9.17, 15) is 4.79 Å². The third-order valence-electron chi connectivity index (χ3n) is 4.50. The smallest absolute Gasteiger partial charge is 0.228 e. The molecule has 0 unspecified atom stereocenters. The topological polar surface area (TPSA) is 32.8 Å². The van der Waals surface area contributed by atoms with Crippen LogP contribution in [0.15, 0.2) is 41.8 Å². The highest BCUT2D eigenvalue weighted by molar-refractivity contribution is 7.10. The van der Waals surface area contributed by atoms with E-state index in [1.54, 1.807) is 11.3 Å². The van der Waals surface area contributed by atoms with Gasteiger partial charge in [0.1, 0.15) is 0 Å². The highest BCUT2D eigenvalue weighted by Crippen LogP contribution is 2.14. The number of thiophene rings is 1. The molecule has 1 aromatic heterocycles. The van der Waals surface area contributed by atoms with Crippen molar-refractivity contribution in [2.75, 3.05) is 39.4 Å². The molecule has 5 heteroatoms. The van der Waals surface area contributed by atoms with Crippen molar-refractivity contribution in [1.29, 1.82) is 0 Å². The lowest BCUT2D eigenvalue weighted by Crippen LogP contribution is -2.43. The fourth-order valence-corrected chi connectivity index (χ4v) is 3.78. The highest BCUT2D eigenvalue weighted by atomic mass is 32.1. The van der Waals surface area contributed by atoms with Crippen LogP contribution in [0.1, 0.15) is 16.0 Å². The zero-order valence-corrected chi connectivity index (χ0v) is 15.6. The number of hydrogen-bond acceptors (Lipinski definition) is 4. The first-order chi connectivity index (χ1) is 12.2. The Morgan fingerprint density at radius 1 is 1.24 bits per heavy atom. The summed E-state index contributed by atoms with van der Waals surface area (Å²) in [7, 11) is 0. The van der Waals surface area contributed by atoms with Gasteiger partial charge in [0.25, 0.3) is 0 Å². The van der Waals surface area contributed by atoms with Gasteiger partial charge >= 0.3 is 0 Å². The summed E-state index contributed by atoms with van der Waals surface area (Å²) in [4.78, 5) is 18.4. The van der Waals surface area contributed by atoms with E-state index in [0.717, 1.165) is 44.3 Å². The van der Waals surface area contributed by atoms with Crippen LogP contribution in [0.3, 0.4) is 0 Å². The number of carbonyl (C=O) groups excluding carboxylic acids is 1. The first kappa shape index (κ1) is 18.1. The van der Waals surface area contributed by atoms with E-state index in [4.69, 9.17) is 4.74 Å². The molecule has 25 heavy (non-hydrogen) atoms. The molecule has 0 aliphatic carbocycles. The maximum atomic E-state index is 12.9. The minimum atomic E-state index is 0.206. The monoisotopic (exact) mass is 358 g/mol. The number of benzene rings is 1. The molecule has 3 rings (SSSR count). The predicted molar refractivity (Wildman–Crippen MR) is 102 cm³/mol. The largest absolute Gasteiger partial charge is 0.379 e. The van der Waals surface area contributed by atoms with Gasteiger partial charge in [-0.1, -0.05) is 35.9 Å². The van der Waals surface area contributed by atoms with Gasteiger partial charge in [-0.15, -0.1) is 11.3 Å². The lowest BCUT2D eigenvalue weighted by molar-refractivity contribution is -0.131. The zero-order valence-electron chi connectivity index (χ0n) is 14.8. The van der Waals surface area contributed by atoms with Crippen molar-refractivity contribution in [2.45, 2.75) is 19.9 Å². The Labute approximate surface area is 154 Å². The summed E-state index contributed by atoms with van der Waals surface area (Å²) < 4.78 is 5.41. The third-order valence-corrected chi connectivity index (χ3v) is 5.38. The molecule has 1 aliphatic heterocycles. The molecule has 0 atom stereocenters. The van der Waals surface area contributed by atoms with Crippen LogP contribution in [-0.4, -0.2) is 55.1 Å². The van der Waals surface area contributed by atoms with Gasteiger partial charge in [0.2, 0.25) is 5.91 Å². The van der Waals surface area contributed by atoms with Crippen molar-refractivity contribution in [2.24, 2.45) is 0 Å². The number of carbonyl (C=O) groups is 1. The van der Waals surface area contributed by atoms with Crippen LogP contribution in [0.25, 0.3) is 0 Å². The van der Waals surface area contributed by atoms with Crippen LogP contribution in [0, 0.1) is 6.92 Å². The predicted octanol–water partition coefficient (Wildman–Crippen LogP) is 2.96. The molecule has 1 aromatic carbocycles. The number of morpholine rings is 1. The third kappa shape index (κ3) is 5.66. The van der Waals surface area contributed by atoms with Crippen molar-refractivity contribution >= 4 is 17.2 Å². The van der Waals surface area contributed by atoms with Crippen LogP contribution >= 0.6 is 11.3 Å². The van der Waals surface area contributed by atoms with E-state index < -0.39 is 0 Å². The molecule has 2 heterocycles. The SMILES string of the molecule is Cc1cccc(CN(CCN2CCOCC2)C(=O)Cc2cccs2)c1. The Hall–Kier alpha value is -1.69. The van der Waals surface area contributed by atoms with Crippen molar-refractivity contribution < 1.29 is 9.53 Å². The van der Waals surface area contributed by atoms with Gasteiger partial charge in [0, 0.05) is 37.6 Å². The van der Waals surface area contributed by atoms with Crippen molar-refractivity contribution in [3.05, 3.63) is 57.8 Å². The average molecular weight is 359 g/mol. The second kappa shape index (κ2) is 9.13. The summed E-state index contributed by atoms with van der Waals surface area (Å²) in [5, 5.41) is 2.03. The van der Waals surface area contributed by atoms with Gasteiger partial charge in [-0.3, -0.25) is 9.69 Å². The van der Waals surface area contributed by atoms with E-state index in [1.165, 1.54) is 11.1 Å². The molecule has 0 N–H and O–H groups in total. The Morgan fingerprint density at radius 2 is 2.08 bits per heavy atom. The number of amides is 1. The molecule has 134 valence electrons. The summed E-state index contributed by atoms with van der Waals surface area (Å²) in [6, 6.07) is 12.5. The second-order valence-corrected chi connectivity index (χ2v) is 7.55. The Morgan fingerprint density at radius 3 is 2.80 bits per heavy atom. The lowest BCUT2D eigenvalue weighted by atomic mass is 10.1. The highest BCUT2D eigenvalue weighted by Gasteiger charge is 2.18. The maximum Gasteiger partial charge on any atom is 0.228 e. The van der Waals surface area contributed by atoms with Crippen LogP contribution < -0.4 is 0 Å². The number of hydrogen-bond donors (Lipinski definition) is 0.